The van der Waals surface area contributed by atoms with E-state index in [9.17, 15) is 5.11 Å². The third-order valence-electron chi connectivity index (χ3n) is 3.03. The highest BCUT2D eigenvalue weighted by atomic mass is 16.3. The van der Waals surface area contributed by atoms with Gasteiger partial charge in [0.25, 0.3) is 0 Å². The van der Waals surface area contributed by atoms with Gasteiger partial charge in [-0.15, -0.1) is 6.42 Å². The van der Waals surface area contributed by atoms with Gasteiger partial charge < -0.3 is 10.0 Å². The molecule has 1 aromatic rings. The molecule has 0 radical (unpaired) electrons. The van der Waals surface area contributed by atoms with Crippen molar-refractivity contribution in [3.8, 4) is 12.3 Å². The molecule has 3 heteroatoms. The quantitative estimate of drug-likeness (QED) is 0.786. The fourth-order valence-corrected chi connectivity index (χ4v) is 1.79. The standard InChI is InChI=1S/C14H18N2O/c1-3-8-16(10-12-4-5-12)14-7-6-13(9-15-14)11(2)17/h1,6-7,9,11-12,17H,4-5,8,10H2,2H3/t11-/m0/s1. The molecule has 1 atom stereocenters. The first-order valence-electron chi connectivity index (χ1n) is 6.03. The zero-order valence-electron chi connectivity index (χ0n) is 10.1. The van der Waals surface area contributed by atoms with Crippen LogP contribution in [0.25, 0.3) is 0 Å². The monoisotopic (exact) mass is 230 g/mol. The predicted molar refractivity (Wildman–Crippen MR) is 68.6 cm³/mol. The molecule has 1 heterocycles. The van der Waals surface area contributed by atoms with E-state index in [2.05, 4.69) is 15.8 Å². The predicted octanol–water partition coefficient (Wildman–Crippen LogP) is 1.98. The zero-order valence-corrected chi connectivity index (χ0v) is 10.1. The fourth-order valence-electron chi connectivity index (χ4n) is 1.79. The van der Waals surface area contributed by atoms with Crippen molar-refractivity contribution in [2.24, 2.45) is 5.92 Å². The summed E-state index contributed by atoms with van der Waals surface area (Å²) in [7, 11) is 0. The molecule has 1 saturated carbocycles. The summed E-state index contributed by atoms with van der Waals surface area (Å²) in [4.78, 5) is 6.50. The Morgan fingerprint density at radius 3 is 2.82 bits per heavy atom. The average molecular weight is 230 g/mol. The number of hydrogen-bond donors (Lipinski definition) is 1. The Hall–Kier alpha value is -1.53. The molecule has 1 N–H and O–H groups in total. The maximum absolute atomic E-state index is 9.43. The van der Waals surface area contributed by atoms with E-state index >= 15 is 0 Å². The second-order valence-electron chi connectivity index (χ2n) is 4.65. The zero-order chi connectivity index (χ0) is 12.3. The SMILES string of the molecule is C#CCN(CC1CC1)c1ccc([C@H](C)O)cn1. The van der Waals surface area contributed by atoms with Gasteiger partial charge in [0.1, 0.15) is 5.82 Å². The number of aliphatic hydroxyl groups is 1. The van der Waals surface area contributed by atoms with Crippen LogP contribution in [0, 0.1) is 18.3 Å². The minimum Gasteiger partial charge on any atom is -0.389 e. The van der Waals surface area contributed by atoms with E-state index in [4.69, 9.17) is 6.42 Å². The topological polar surface area (TPSA) is 36.4 Å². The largest absolute Gasteiger partial charge is 0.389 e. The van der Waals surface area contributed by atoms with Gasteiger partial charge in [-0.1, -0.05) is 12.0 Å². The smallest absolute Gasteiger partial charge is 0.129 e. The van der Waals surface area contributed by atoms with Crippen molar-refractivity contribution >= 4 is 5.82 Å². The maximum atomic E-state index is 9.43. The Morgan fingerprint density at radius 1 is 1.59 bits per heavy atom. The summed E-state index contributed by atoms with van der Waals surface area (Å²) in [5.41, 5.74) is 0.834. The highest BCUT2D eigenvalue weighted by Crippen LogP contribution is 2.31. The van der Waals surface area contributed by atoms with Crippen molar-refractivity contribution in [3.63, 3.8) is 0 Å². The van der Waals surface area contributed by atoms with Crippen LogP contribution in [0.1, 0.15) is 31.4 Å². The van der Waals surface area contributed by atoms with Crippen LogP contribution in [0.5, 0.6) is 0 Å². The molecule has 0 spiro atoms. The Morgan fingerprint density at radius 2 is 2.35 bits per heavy atom. The summed E-state index contributed by atoms with van der Waals surface area (Å²) in [5, 5.41) is 9.43. The lowest BCUT2D eigenvalue weighted by Crippen LogP contribution is -2.26. The molecule has 1 fully saturated rings. The van der Waals surface area contributed by atoms with Crippen molar-refractivity contribution in [1.82, 2.24) is 4.98 Å². The molecular weight excluding hydrogens is 212 g/mol. The van der Waals surface area contributed by atoms with Gasteiger partial charge in [-0.05, 0) is 37.3 Å². The molecule has 1 aliphatic rings. The van der Waals surface area contributed by atoms with Crippen LogP contribution >= 0.6 is 0 Å². The van der Waals surface area contributed by atoms with Crippen LogP contribution in [0.15, 0.2) is 18.3 Å². The molecule has 90 valence electrons. The normalized spacial score (nSPS) is 16.3. The minimum absolute atomic E-state index is 0.471. The molecule has 3 nitrogen and oxygen atoms in total. The lowest BCUT2D eigenvalue weighted by molar-refractivity contribution is 0.199. The number of aromatic nitrogens is 1. The molecule has 2 rings (SSSR count). The minimum atomic E-state index is -0.471. The number of hydrogen-bond acceptors (Lipinski definition) is 3. The molecular formula is C14H18N2O. The van der Waals surface area contributed by atoms with Gasteiger partial charge >= 0.3 is 0 Å². The van der Waals surface area contributed by atoms with E-state index in [-0.39, 0.29) is 0 Å². The summed E-state index contributed by atoms with van der Waals surface area (Å²) in [5.74, 6) is 4.35. The first-order chi connectivity index (χ1) is 8.20. The molecule has 0 saturated heterocycles. The molecule has 0 aromatic carbocycles. The van der Waals surface area contributed by atoms with Crippen molar-refractivity contribution < 1.29 is 5.11 Å². The molecule has 1 aliphatic carbocycles. The van der Waals surface area contributed by atoms with Gasteiger partial charge in [0.2, 0.25) is 0 Å². The number of nitrogens with zero attached hydrogens (tertiary/aromatic N) is 2. The van der Waals surface area contributed by atoms with E-state index < -0.39 is 6.10 Å². The number of anilines is 1. The van der Waals surface area contributed by atoms with Gasteiger partial charge in [-0.3, -0.25) is 0 Å². The summed E-state index contributed by atoms with van der Waals surface area (Å²) in [6, 6.07) is 3.84. The third kappa shape index (κ3) is 3.21. The van der Waals surface area contributed by atoms with Crippen molar-refractivity contribution in [3.05, 3.63) is 23.9 Å². The Balaban J connectivity index is 2.08. The van der Waals surface area contributed by atoms with Gasteiger partial charge in [-0.2, -0.15) is 0 Å². The lowest BCUT2D eigenvalue weighted by atomic mass is 10.2. The van der Waals surface area contributed by atoms with Crippen LogP contribution in [0.2, 0.25) is 0 Å². The summed E-state index contributed by atoms with van der Waals surface area (Å²) < 4.78 is 0. The van der Waals surface area contributed by atoms with E-state index in [0.29, 0.717) is 6.54 Å². The number of rotatable bonds is 5. The Labute approximate surface area is 102 Å². The number of aliphatic hydroxyl groups excluding tert-OH is 1. The highest BCUT2D eigenvalue weighted by molar-refractivity contribution is 5.41. The Kier molecular flexibility index (Phi) is 3.65. The summed E-state index contributed by atoms with van der Waals surface area (Å²) in [6.07, 6.45) is 9.23. The van der Waals surface area contributed by atoms with E-state index in [1.807, 2.05) is 12.1 Å². The van der Waals surface area contributed by atoms with Gasteiger partial charge in [-0.25, -0.2) is 4.98 Å². The fraction of sp³-hybridized carbons (Fsp3) is 0.500. The third-order valence-corrected chi connectivity index (χ3v) is 3.03. The second kappa shape index (κ2) is 5.20. The van der Waals surface area contributed by atoms with E-state index in [0.717, 1.165) is 23.8 Å². The van der Waals surface area contributed by atoms with Crippen molar-refractivity contribution in [2.75, 3.05) is 18.0 Å². The maximum Gasteiger partial charge on any atom is 0.129 e. The Bertz CT molecular complexity index is 401. The van der Waals surface area contributed by atoms with Crippen molar-refractivity contribution in [1.29, 1.82) is 0 Å². The lowest BCUT2D eigenvalue weighted by Gasteiger charge is -2.21. The molecule has 0 bridgehead atoms. The molecule has 1 aromatic heterocycles. The van der Waals surface area contributed by atoms with E-state index in [1.54, 1.807) is 13.1 Å². The molecule has 17 heavy (non-hydrogen) atoms. The highest BCUT2D eigenvalue weighted by Gasteiger charge is 2.24. The van der Waals surface area contributed by atoms with Crippen LogP contribution in [0.3, 0.4) is 0 Å². The van der Waals surface area contributed by atoms with E-state index in [1.165, 1.54) is 12.8 Å². The molecule has 0 amide bonds. The second-order valence-corrected chi connectivity index (χ2v) is 4.65. The summed E-state index contributed by atoms with van der Waals surface area (Å²) >= 11 is 0. The number of pyridine rings is 1. The van der Waals surface area contributed by atoms with Crippen LogP contribution in [-0.2, 0) is 0 Å². The first kappa shape index (κ1) is 11.9. The van der Waals surface area contributed by atoms with Crippen LogP contribution < -0.4 is 4.90 Å². The summed E-state index contributed by atoms with van der Waals surface area (Å²) in [6.45, 7) is 3.32. The average Bonchev–Trinajstić information content (AvgIpc) is 3.13. The van der Waals surface area contributed by atoms with Crippen LogP contribution in [-0.4, -0.2) is 23.2 Å². The van der Waals surface area contributed by atoms with Crippen LogP contribution in [0.4, 0.5) is 5.82 Å². The number of terminal acetylenes is 1. The van der Waals surface area contributed by atoms with Gasteiger partial charge in [0, 0.05) is 12.7 Å². The molecule has 0 unspecified atom stereocenters. The molecule has 0 aliphatic heterocycles. The van der Waals surface area contributed by atoms with Gasteiger partial charge in [0.05, 0.1) is 12.6 Å². The van der Waals surface area contributed by atoms with Crippen molar-refractivity contribution in [2.45, 2.75) is 25.9 Å². The van der Waals surface area contributed by atoms with Gasteiger partial charge in [0.15, 0.2) is 0 Å². The first-order valence-corrected chi connectivity index (χ1v) is 6.03.